The van der Waals surface area contributed by atoms with Crippen molar-refractivity contribution in [3.8, 4) is 0 Å². The molecule has 0 unspecified atom stereocenters. The molecular formula is C21H19F3N2O7. The van der Waals surface area contributed by atoms with E-state index in [4.69, 9.17) is 4.74 Å². The predicted octanol–water partition coefficient (Wildman–Crippen LogP) is 3.53. The van der Waals surface area contributed by atoms with Crippen molar-refractivity contribution in [2.75, 3.05) is 6.61 Å². The number of nitro benzene ring substituents is 1. The molecule has 0 aliphatic rings. The Balaban J connectivity index is 2.40. The summed E-state index contributed by atoms with van der Waals surface area (Å²) in [7, 11) is 0. The number of aliphatic carboxylic acids is 1. The van der Waals surface area contributed by atoms with Gasteiger partial charge in [0, 0.05) is 23.6 Å². The number of amides is 1. The number of carboxylic acids is 1. The molecule has 0 aliphatic heterocycles. The number of carbonyl (C=O) groups excluding carboxylic acids is 2. The fourth-order valence-electron chi connectivity index (χ4n) is 3.07. The molecular weight excluding hydrogens is 449 g/mol. The number of nitrogens with zero attached hydrogens (tertiary/aromatic N) is 1. The summed E-state index contributed by atoms with van der Waals surface area (Å²) in [6.07, 6.45) is -5.22. The summed E-state index contributed by atoms with van der Waals surface area (Å²) in [5, 5.41) is 22.8. The zero-order valence-electron chi connectivity index (χ0n) is 17.2. The highest BCUT2D eigenvalue weighted by atomic mass is 19.4. The van der Waals surface area contributed by atoms with E-state index >= 15 is 0 Å². The number of esters is 1. The topological polar surface area (TPSA) is 136 Å². The Hall–Kier alpha value is -3.96. The molecule has 0 aliphatic carbocycles. The lowest BCUT2D eigenvalue weighted by Crippen LogP contribution is -2.45. The van der Waals surface area contributed by atoms with Crippen LogP contribution in [0.25, 0.3) is 0 Å². The summed E-state index contributed by atoms with van der Waals surface area (Å²) in [5.41, 5.74) is -1.64. The van der Waals surface area contributed by atoms with Crippen LogP contribution in [0.2, 0.25) is 0 Å². The van der Waals surface area contributed by atoms with Gasteiger partial charge >= 0.3 is 18.1 Å². The van der Waals surface area contributed by atoms with E-state index in [0.29, 0.717) is 6.07 Å². The largest absolute Gasteiger partial charge is 0.480 e. The summed E-state index contributed by atoms with van der Waals surface area (Å²) < 4.78 is 43.7. The van der Waals surface area contributed by atoms with Crippen molar-refractivity contribution in [3.63, 3.8) is 0 Å². The number of rotatable bonds is 9. The molecule has 0 fully saturated rings. The molecule has 0 spiro atoms. The molecule has 0 saturated heterocycles. The predicted molar refractivity (Wildman–Crippen MR) is 107 cm³/mol. The highest BCUT2D eigenvalue weighted by molar-refractivity contribution is 5.97. The van der Waals surface area contributed by atoms with E-state index in [0.717, 1.165) is 30.3 Å². The molecule has 33 heavy (non-hydrogen) atoms. The van der Waals surface area contributed by atoms with Crippen LogP contribution in [-0.4, -0.2) is 40.5 Å². The highest BCUT2D eigenvalue weighted by Gasteiger charge is 2.35. The second kappa shape index (κ2) is 10.6. The summed E-state index contributed by atoms with van der Waals surface area (Å²) >= 11 is 0. The van der Waals surface area contributed by atoms with Gasteiger partial charge in [0.15, 0.2) is 0 Å². The number of nitro groups is 1. The van der Waals surface area contributed by atoms with Crippen molar-refractivity contribution in [1.82, 2.24) is 5.32 Å². The maximum absolute atomic E-state index is 13.0. The van der Waals surface area contributed by atoms with E-state index < -0.39 is 58.5 Å². The lowest BCUT2D eigenvalue weighted by atomic mass is 9.88. The van der Waals surface area contributed by atoms with Crippen LogP contribution >= 0.6 is 0 Å². The van der Waals surface area contributed by atoms with Gasteiger partial charge in [-0.25, -0.2) is 4.79 Å². The van der Waals surface area contributed by atoms with E-state index in [-0.39, 0.29) is 17.9 Å². The number of carboxylic acid groups (broad SMARTS) is 1. The van der Waals surface area contributed by atoms with Crippen LogP contribution in [0.4, 0.5) is 18.9 Å². The summed E-state index contributed by atoms with van der Waals surface area (Å²) in [5.74, 6) is -4.69. The molecule has 2 atom stereocenters. The average molecular weight is 468 g/mol. The van der Waals surface area contributed by atoms with Crippen molar-refractivity contribution < 1.29 is 42.3 Å². The number of ether oxygens (including phenoxy) is 1. The fraction of sp³-hybridized carbons (Fsp3) is 0.286. The maximum atomic E-state index is 13.0. The van der Waals surface area contributed by atoms with E-state index in [2.05, 4.69) is 5.32 Å². The first kappa shape index (κ1) is 25.3. The zero-order chi connectivity index (χ0) is 24.8. The average Bonchev–Trinajstić information content (AvgIpc) is 2.75. The van der Waals surface area contributed by atoms with E-state index in [1.54, 1.807) is 0 Å². The second-order valence-corrected chi connectivity index (χ2v) is 6.83. The number of benzene rings is 2. The minimum atomic E-state index is -4.71. The lowest BCUT2D eigenvalue weighted by molar-refractivity contribution is -0.384. The number of non-ortho nitro benzene ring substituents is 1. The van der Waals surface area contributed by atoms with Crippen molar-refractivity contribution in [2.45, 2.75) is 31.5 Å². The molecule has 2 aromatic rings. The summed E-state index contributed by atoms with van der Waals surface area (Å²) in [6.45, 7) is 1.53. The molecule has 2 aromatic carbocycles. The van der Waals surface area contributed by atoms with Crippen molar-refractivity contribution in [1.29, 1.82) is 0 Å². The van der Waals surface area contributed by atoms with Gasteiger partial charge in [-0.3, -0.25) is 19.7 Å². The third-order valence-corrected chi connectivity index (χ3v) is 4.63. The summed E-state index contributed by atoms with van der Waals surface area (Å²) in [4.78, 5) is 46.8. The van der Waals surface area contributed by atoms with Crippen molar-refractivity contribution in [3.05, 3.63) is 75.3 Å². The Bertz CT molecular complexity index is 1040. The molecule has 0 saturated carbocycles. The van der Waals surface area contributed by atoms with Crippen LogP contribution in [0.15, 0.2) is 48.5 Å². The van der Waals surface area contributed by atoms with Gasteiger partial charge < -0.3 is 15.2 Å². The molecule has 12 heteroatoms. The van der Waals surface area contributed by atoms with Crippen molar-refractivity contribution in [2.24, 2.45) is 0 Å². The van der Waals surface area contributed by atoms with Gasteiger partial charge in [0.1, 0.15) is 6.04 Å². The SMILES string of the molecule is CCOC(=O)C[C@H](c1ccc([N+](=O)[O-])cc1)[C@@H](NC(=O)c1cccc(C(F)(F)F)c1)C(=O)O. The monoisotopic (exact) mass is 468 g/mol. The number of nitrogens with one attached hydrogen (secondary N) is 1. The minimum Gasteiger partial charge on any atom is -0.480 e. The van der Waals surface area contributed by atoms with Crippen LogP contribution in [0.5, 0.6) is 0 Å². The highest BCUT2D eigenvalue weighted by Crippen LogP contribution is 2.30. The molecule has 0 radical (unpaired) electrons. The van der Waals surface area contributed by atoms with Crippen LogP contribution in [0, 0.1) is 10.1 Å². The van der Waals surface area contributed by atoms with Gasteiger partial charge in [-0.2, -0.15) is 13.2 Å². The van der Waals surface area contributed by atoms with Gasteiger partial charge in [-0.15, -0.1) is 0 Å². The van der Waals surface area contributed by atoms with Gasteiger partial charge in [0.05, 0.1) is 23.5 Å². The van der Waals surface area contributed by atoms with Crippen LogP contribution in [-0.2, 0) is 20.5 Å². The fourth-order valence-corrected chi connectivity index (χ4v) is 3.07. The molecule has 176 valence electrons. The number of carbonyl (C=O) groups is 3. The third kappa shape index (κ3) is 6.76. The third-order valence-electron chi connectivity index (χ3n) is 4.63. The van der Waals surface area contributed by atoms with Gasteiger partial charge in [0.25, 0.3) is 11.6 Å². The Labute approximate surface area is 185 Å². The normalized spacial score (nSPS) is 13.0. The first-order valence-electron chi connectivity index (χ1n) is 9.55. The van der Waals surface area contributed by atoms with E-state index in [9.17, 15) is 42.8 Å². The van der Waals surface area contributed by atoms with Crippen LogP contribution in [0.1, 0.15) is 40.7 Å². The summed E-state index contributed by atoms with van der Waals surface area (Å²) in [6, 6.07) is 6.31. The van der Waals surface area contributed by atoms with E-state index in [1.165, 1.54) is 19.1 Å². The van der Waals surface area contributed by atoms with Gasteiger partial charge in [-0.05, 0) is 30.7 Å². The lowest BCUT2D eigenvalue weighted by Gasteiger charge is -2.25. The Morgan fingerprint density at radius 2 is 1.79 bits per heavy atom. The van der Waals surface area contributed by atoms with Gasteiger partial charge in [-0.1, -0.05) is 18.2 Å². The first-order valence-corrected chi connectivity index (χ1v) is 9.55. The maximum Gasteiger partial charge on any atom is 0.416 e. The quantitative estimate of drug-likeness (QED) is 0.326. The molecule has 2 rings (SSSR count). The standard InChI is InChI=1S/C21H19F3N2O7/c1-2-33-17(27)11-16(12-6-8-15(9-7-12)26(31)32)18(20(29)30)25-19(28)13-4-3-5-14(10-13)21(22,23)24/h3-10,16,18H,2,11H2,1H3,(H,25,28)(H,29,30)/t16-,18-/m1/s1. The number of hydrogen-bond donors (Lipinski definition) is 2. The van der Waals surface area contributed by atoms with Crippen LogP contribution < -0.4 is 5.32 Å². The Morgan fingerprint density at radius 1 is 1.15 bits per heavy atom. The first-order chi connectivity index (χ1) is 15.4. The van der Waals surface area contributed by atoms with Crippen LogP contribution in [0.3, 0.4) is 0 Å². The molecule has 9 nitrogen and oxygen atoms in total. The number of hydrogen-bond acceptors (Lipinski definition) is 6. The molecule has 1 amide bonds. The molecule has 0 aromatic heterocycles. The minimum absolute atomic E-state index is 0.000145. The smallest absolute Gasteiger partial charge is 0.416 e. The van der Waals surface area contributed by atoms with E-state index in [1.807, 2.05) is 0 Å². The zero-order valence-corrected chi connectivity index (χ0v) is 17.2. The second-order valence-electron chi connectivity index (χ2n) is 6.83. The Kier molecular flexibility index (Phi) is 8.10. The number of halogens is 3. The molecule has 0 heterocycles. The molecule has 2 N–H and O–H groups in total. The number of alkyl halides is 3. The molecule has 0 bridgehead atoms. The Morgan fingerprint density at radius 3 is 2.30 bits per heavy atom. The van der Waals surface area contributed by atoms with Gasteiger partial charge in [0.2, 0.25) is 0 Å². The van der Waals surface area contributed by atoms with Crippen molar-refractivity contribution >= 4 is 23.5 Å².